The van der Waals surface area contributed by atoms with Crippen LogP contribution in [0.1, 0.15) is 162 Å². The van der Waals surface area contributed by atoms with Crippen LogP contribution in [0.25, 0.3) is 0 Å². The number of carboxylic acid groups (broad SMARTS) is 1. The molecule has 0 aromatic rings. The molecule has 0 radical (unpaired) electrons. The molecular weight excluding hydrogens is 574 g/mol. The van der Waals surface area contributed by atoms with Gasteiger partial charge in [-0.2, -0.15) is 0 Å². The van der Waals surface area contributed by atoms with E-state index in [2.05, 4.69) is 79.9 Å². The summed E-state index contributed by atoms with van der Waals surface area (Å²) >= 11 is 0. The maximum absolute atomic E-state index is 12.6. The lowest BCUT2D eigenvalue weighted by molar-refractivity contribution is -0.150. The minimum absolute atomic E-state index is 0.0547. The summed E-state index contributed by atoms with van der Waals surface area (Å²) in [6, 6.07) is 0. The first-order valence-electron chi connectivity index (χ1n) is 18.4. The Labute approximate surface area is 281 Å². The zero-order valence-electron chi connectivity index (χ0n) is 29.4. The zero-order chi connectivity index (χ0) is 33.8. The minimum atomic E-state index is -1.03. The van der Waals surface area contributed by atoms with Crippen molar-refractivity contribution in [2.75, 3.05) is 6.54 Å². The van der Waals surface area contributed by atoms with E-state index in [1.807, 2.05) is 0 Å². The van der Waals surface area contributed by atoms with Crippen LogP contribution in [0, 0.1) is 0 Å². The topological polar surface area (TPSA) is 92.7 Å². The van der Waals surface area contributed by atoms with Crippen LogP contribution in [-0.4, -0.2) is 35.6 Å². The van der Waals surface area contributed by atoms with E-state index in [-0.39, 0.29) is 24.5 Å². The molecule has 1 unspecified atom stereocenters. The van der Waals surface area contributed by atoms with Crippen LogP contribution in [0.5, 0.6) is 0 Å². The Morgan fingerprint density at radius 3 is 1.74 bits per heavy atom. The van der Waals surface area contributed by atoms with Crippen LogP contribution in [0.2, 0.25) is 0 Å². The Morgan fingerprint density at radius 1 is 0.587 bits per heavy atom. The van der Waals surface area contributed by atoms with Crippen molar-refractivity contribution in [3.63, 3.8) is 0 Å². The average molecular weight is 642 g/mol. The number of carbonyl (C=O) groups is 3. The van der Waals surface area contributed by atoms with Crippen LogP contribution in [-0.2, 0) is 19.1 Å². The molecule has 0 aliphatic heterocycles. The molecule has 0 saturated heterocycles. The molecule has 0 bridgehead atoms. The predicted octanol–water partition coefficient (Wildman–Crippen LogP) is 10.9. The van der Waals surface area contributed by atoms with Gasteiger partial charge >= 0.3 is 11.9 Å². The van der Waals surface area contributed by atoms with Crippen LogP contribution >= 0.6 is 0 Å². The number of carboxylic acids is 1. The highest BCUT2D eigenvalue weighted by molar-refractivity contribution is 5.80. The molecule has 0 aliphatic carbocycles. The van der Waals surface area contributed by atoms with Gasteiger partial charge in [0.1, 0.15) is 12.6 Å². The van der Waals surface area contributed by atoms with Crippen LogP contribution < -0.4 is 5.32 Å². The first-order chi connectivity index (χ1) is 22.5. The molecule has 0 aliphatic rings. The fraction of sp³-hybridized carbons (Fsp3) is 0.675. The predicted molar refractivity (Wildman–Crippen MR) is 194 cm³/mol. The summed E-state index contributed by atoms with van der Waals surface area (Å²) in [7, 11) is 0. The summed E-state index contributed by atoms with van der Waals surface area (Å²) in [6.07, 6.45) is 44.8. The highest BCUT2D eigenvalue weighted by Crippen LogP contribution is 2.17. The molecule has 1 atom stereocenters. The van der Waals surface area contributed by atoms with Crippen molar-refractivity contribution >= 4 is 17.8 Å². The first-order valence-corrected chi connectivity index (χ1v) is 18.4. The van der Waals surface area contributed by atoms with Crippen molar-refractivity contribution in [2.24, 2.45) is 0 Å². The van der Waals surface area contributed by atoms with Gasteiger partial charge in [-0.25, -0.2) is 0 Å². The van der Waals surface area contributed by atoms with E-state index >= 15 is 0 Å². The quantitative estimate of drug-likeness (QED) is 0.0433. The summed E-state index contributed by atoms with van der Waals surface area (Å²) in [4.78, 5) is 34.8. The Hall–Kier alpha value is -2.89. The lowest BCUT2D eigenvalue weighted by atomic mass is 10.0. The Morgan fingerprint density at radius 2 is 1.11 bits per heavy atom. The van der Waals surface area contributed by atoms with Gasteiger partial charge in [0.2, 0.25) is 5.91 Å². The van der Waals surface area contributed by atoms with Gasteiger partial charge in [0.05, 0.1) is 0 Å². The molecule has 0 rings (SSSR count). The molecule has 1 amide bonds. The van der Waals surface area contributed by atoms with Crippen LogP contribution in [0.15, 0.2) is 60.8 Å². The molecule has 0 saturated carbocycles. The van der Waals surface area contributed by atoms with Crippen LogP contribution in [0.3, 0.4) is 0 Å². The number of hydrogen-bond donors (Lipinski definition) is 2. The Balaban J connectivity index is 4.37. The number of nitrogens with one attached hydrogen (secondary N) is 1. The summed E-state index contributed by atoms with van der Waals surface area (Å²) in [5.41, 5.74) is 0. The molecule has 0 heterocycles. The van der Waals surface area contributed by atoms with Crippen molar-refractivity contribution in [3.8, 4) is 0 Å². The first kappa shape index (κ1) is 43.1. The second kappa shape index (κ2) is 35.0. The van der Waals surface area contributed by atoms with Gasteiger partial charge in [0.15, 0.2) is 0 Å². The van der Waals surface area contributed by atoms with Gasteiger partial charge in [-0.1, -0.05) is 126 Å². The zero-order valence-corrected chi connectivity index (χ0v) is 29.4. The maximum atomic E-state index is 12.6. The van der Waals surface area contributed by atoms with E-state index in [9.17, 15) is 14.4 Å². The minimum Gasteiger partial charge on any atom is -0.480 e. The molecular formula is C40H67NO5. The largest absolute Gasteiger partial charge is 0.480 e. The van der Waals surface area contributed by atoms with E-state index in [0.717, 1.165) is 96.3 Å². The van der Waals surface area contributed by atoms with E-state index in [1.54, 1.807) is 0 Å². The van der Waals surface area contributed by atoms with Gasteiger partial charge in [0.25, 0.3) is 0 Å². The van der Waals surface area contributed by atoms with Crippen molar-refractivity contribution in [1.82, 2.24) is 5.32 Å². The number of ether oxygens (including phenoxy) is 1. The Kier molecular flexibility index (Phi) is 32.8. The number of rotatable bonds is 32. The monoisotopic (exact) mass is 642 g/mol. The maximum Gasteiger partial charge on any atom is 0.322 e. The molecule has 0 spiro atoms. The van der Waals surface area contributed by atoms with Gasteiger partial charge in [-0.15, -0.1) is 0 Å². The lowest BCUT2D eigenvalue weighted by Gasteiger charge is -2.17. The molecule has 0 fully saturated rings. The molecule has 6 nitrogen and oxygen atoms in total. The SMILES string of the molecule is CC/C=C\C/C=C\C/C=C\C/C=C\CCC(CCCCCCCC(=O)NCC(=O)O)OC(=O)CCCCCCC/C=C\CCCC. The van der Waals surface area contributed by atoms with Crippen LogP contribution in [0.4, 0.5) is 0 Å². The van der Waals surface area contributed by atoms with Crippen molar-refractivity contribution < 1.29 is 24.2 Å². The number of aliphatic carboxylic acids is 1. The molecule has 2 N–H and O–H groups in total. The third kappa shape index (κ3) is 34.0. The average Bonchev–Trinajstić information content (AvgIpc) is 3.04. The van der Waals surface area contributed by atoms with Gasteiger partial charge in [-0.3, -0.25) is 14.4 Å². The van der Waals surface area contributed by atoms with Crippen molar-refractivity contribution in [1.29, 1.82) is 0 Å². The second-order valence-corrected chi connectivity index (χ2v) is 12.1. The summed E-state index contributed by atoms with van der Waals surface area (Å²) in [5, 5.41) is 11.0. The standard InChI is InChI=1S/C40H67NO5/c1-3-5-7-9-11-13-15-16-18-19-21-24-28-32-37(33-29-25-23-26-30-34-38(42)41-36-39(43)44)46-40(45)35-31-27-22-20-17-14-12-10-8-6-4-2/h5,7,10-13,16,18,21,24,37H,3-4,6,8-9,14-15,17,19-20,22-23,25-36H2,1-2H3,(H,41,42)(H,43,44)/b7-5-,12-10-,13-11-,18-16-,24-21-. The van der Waals surface area contributed by atoms with Crippen molar-refractivity contribution in [3.05, 3.63) is 60.8 Å². The third-order valence-electron chi connectivity index (χ3n) is 7.68. The second-order valence-electron chi connectivity index (χ2n) is 12.1. The smallest absolute Gasteiger partial charge is 0.322 e. The summed E-state index contributed by atoms with van der Waals surface area (Å²) in [5.74, 6) is -1.30. The number of carbonyl (C=O) groups excluding carboxylic acids is 2. The van der Waals surface area contributed by atoms with E-state index in [1.165, 1.54) is 38.5 Å². The fourth-order valence-corrected chi connectivity index (χ4v) is 4.96. The lowest BCUT2D eigenvalue weighted by Crippen LogP contribution is -2.28. The number of hydrogen-bond acceptors (Lipinski definition) is 4. The van der Waals surface area contributed by atoms with Gasteiger partial charge in [0, 0.05) is 12.8 Å². The van der Waals surface area contributed by atoms with E-state index in [0.29, 0.717) is 12.8 Å². The summed E-state index contributed by atoms with van der Waals surface area (Å²) in [6.45, 7) is 4.05. The molecule has 6 heteroatoms. The van der Waals surface area contributed by atoms with E-state index < -0.39 is 5.97 Å². The number of esters is 1. The van der Waals surface area contributed by atoms with Crippen molar-refractivity contribution in [2.45, 2.75) is 168 Å². The molecule has 0 aromatic heterocycles. The van der Waals surface area contributed by atoms with E-state index in [4.69, 9.17) is 9.84 Å². The molecule has 0 aromatic carbocycles. The van der Waals surface area contributed by atoms with Gasteiger partial charge in [-0.05, 0) is 83.5 Å². The Bertz CT molecular complexity index is 886. The van der Waals surface area contributed by atoms with Gasteiger partial charge < -0.3 is 15.2 Å². The molecule has 262 valence electrons. The highest BCUT2D eigenvalue weighted by Gasteiger charge is 2.14. The highest BCUT2D eigenvalue weighted by atomic mass is 16.5. The third-order valence-corrected chi connectivity index (χ3v) is 7.68. The number of allylic oxidation sites excluding steroid dienone is 10. The fourth-order valence-electron chi connectivity index (χ4n) is 4.96. The summed E-state index contributed by atoms with van der Waals surface area (Å²) < 4.78 is 5.95. The molecule has 46 heavy (non-hydrogen) atoms. The number of amides is 1. The number of unbranched alkanes of at least 4 members (excludes halogenated alkanes) is 11. The normalized spacial score (nSPS) is 12.7.